The summed E-state index contributed by atoms with van der Waals surface area (Å²) in [6.45, 7) is 2.40. The zero-order valence-corrected chi connectivity index (χ0v) is 10.6. The summed E-state index contributed by atoms with van der Waals surface area (Å²) in [5, 5.41) is 12.7. The van der Waals surface area contributed by atoms with Gasteiger partial charge in [-0.15, -0.1) is 0 Å². The van der Waals surface area contributed by atoms with Crippen LogP contribution in [0.25, 0.3) is 0 Å². The van der Waals surface area contributed by atoms with Crippen LogP contribution < -0.4 is 11.1 Å². The number of aromatic nitrogens is 1. The summed E-state index contributed by atoms with van der Waals surface area (Å²) in [6.07, 6.45) is 2.40. The summed E-state index contributed by atoms with van der Waals surface area (Å²) in [6, 6.07) is 0. The quantitative estimate of drug-likeness (QED) is 0.749. The van der Waals surface area contributed by atoms with Crippen molar-refractivity contribution in [1.82, 2.24) is 10.3 Å². The standard InChI is InChI=1S/C11H17N3O2S/c1-6-9(17-11(12)14-6)10(16)13-5-7-2-3-8(15)4-7/h7-8,15H,2-5H2,1H3,(H2,12,14)(H,13,16). The summed E-state index contributed by atoms with van der Waals surface area (Å²) >= 11 is 1.21. The van der Waals surface area contributed by atoms with Gasteiger partial charge in [0.1, 0.15) is 4.88 Å². The van der Waals surface area contributed by atoms with Gasteiger partial charge in [-0.05, 0) is 32.1 Å². The molecule has 0 aliphatic heterocycles. The number of nitrogen functional groups attached to an aromatic ring is 1. The highest BCUT2D eigenvalue weighted by atomic mass is 32.1. The fraction of sp³-hybridized carbons (Fsp3) is 0.636. The maximum absolute atomic E-state index is 11.9. The maximum Gasteiger partial charge on any atom is 0.263 e. The van der Waals surface area contributed by atoms with Crippen LogP contribution in [0.4, 0.5) is 5.13 Å². The van der Waals surface area contributed by atoms with Crippen LogP contribution in [0.1, 0.15) is 34.6 Å². The lowest BCUT2D eigenvalue weighted by Gasteiger charge is -2.10. The molecule has 1 aliphatic rings. The van der Waals surface area contributed by atoms with E-state index in [9.17, 15) is 9.90 Å². The SMILES string of the molecule is Cc1nc(N)sc1C(=O)NCC1CCC(O)C1. The van der Waals surface area contributed by atoms with E-state index < -0.39 is 0 Å². The van der Waals surface area contributed by atoms with Crippen LogP contribution in [0.5, 0.6) is 0 Å². The van der Waals surface area contributed by atoms with Crippen LogP contribution in [0.2, 0.25) is 0 Å². The normalized spacial score (nSPS) is 23.9. The van der Waals surface area contributed by atoms with Gasteiger partial charge in [-0.2, -0.15) is 0 Å². The number of hydrogen-bond acceptors (Lipinski definition) is 5. The van der Waals surface area contributed by atoms with E-state index in [-0.39, 0.29) is 12.0 Å². The van der Waals surface area contributed by atoms with Crippen LogP contribution in [0.15, 0.2) is 0 Å². The molecule has 0 saturated heterocycles. The molecule has 2 atom stereocenters. The molecule has 1 saturated carbocycles. The van der Waals surface area contributed by atoms with E-state index >= 15 is 0 Å². The number of nitrogens with zero attached hydrogens (tertiary/aromatic N) is 1. The lowest BCUT2D eigenvalue weighted by molar-refractivity contribution is 0.0948. The molecule has 1 fully saturated rings. The number of carbonyl (C=O) groups is 1. The molecule has 5 nitrogen and oxygen atoms in total. The second-order valence-corrected chi connectivity index (χ2v) is 5.54. The molecule has 94 valence electrons. The first-order valence-electron chi connectivity index (χ1n) is 5.75. The molecular weight excluding hydrogens is 238 g/mol. The summed E-state index contributed by atoms with van der Waals surface area (Å²) in [5.41, 5.74) is 6.23. The third kappa shape index (κ3) is 2.95. The lowest BCUT2D eigenvalue weighted by Crippen LogP contribution is -2.28. The zero-order chi connectivity index (χ0) is 12.4. The highest BCUT2D eigenvalue weighted by Gasteiger charge is 2.23. The van der Waals surface area contributed by atoms with Crippen LogP contribution in [-0.2, 0) is 0 Å². The number of aliphatic hydroxyl groups excluding tert-OH is 1. The van der Waals surface area contributed by atoms with Gasteiger partial charge in [0.25, 0.3) is 5.91 Å². The minimum Gasteiger partial charge on any atom is -0.393 e. The third-order valence-electron chi connectivity index (χ3n) is 3.08. The Bertz CT molecular complexity index is 419. The van der Waals surface area contributed by atoms with Crippen LogP contribution in [-0.4, -0.2) is 28.6 Å². The first-order chi connectivity index (χ1) is 8.06. The zero-order valence-electron chi connectivity index (χ0n) is 9.77. The van der Waals surface area contributed by atoms with Gasteiger partial charge < -0.3 is 16.2 Å². The van der Waals surface area contributed by atoms with E-state index in [0.717, 1.165) is 19.3 Å². The Morgan fingerprint density at radius 2 is 2.41 bits per heavy atom. The lowest BCUT2D eigenvalue weighted by atomic mass is 10.1. The van der Waals surface area contributed by atoms with Gasteiger partial charge in [0.15, 0.2) is 5.13 Å². The van der Waals surface area contributed by atoms with Crippen molar-refractivity contribution < 1.29 is 9.90 Å². The average molecular weight is 255 g/mol. The largest absolute Gasteiger partial charge is 0.393 e. The molecule has 1 heterocycles. The molecule has 0 radical (unpaired) electrons. The van der Waals surface area contributed by atoms with E-state index in [2.05, 4.69) is 10.3 Å². The van der Waals surface area contributed by atoms with Crippen molar-refractivity contribution in [2.45, 2.75) is 32.3 Å². The van der Waals surface area contributed by atoms with E-state index in [1.54, 1.807) is 6.92 Å². The number of aryl methyl sites for hydroxylation is 1. The second kappa shape index (κ2) is 5.01. The second-order valence-electron chi connectivity index (χ2n) is 4.51. The van der Waals surface area contributed by atoms with Crippen molar-refractivity contribution in [3.8, 4) is 0 Å². The van der Waals surface area contributed by atoms with Crippen molar-refractivity contribution in [2.24, 2.45) is 5.92 Å². The van der Waals surface area contributed by atoms with Gasteiger partial charge in [-0.3, -0.25) is 4.79 Å². The number of hydrogen-bond donors (Lipinski definition) is 3. The number of carbonyl (C=O) groups excluding carboxylic acids is 1. The number of aliphatic hydroxyl groups is 1. The van der Waals surface area contributed by atoms with Crippen LogP contribution in [0.3, 0.4) is 0 Å². The third-order valence-corrected chi connectivity index (χ3v) is 4.07. The number of nitrogens with two attached hydrogens (primary N) is 1. The molecular formula is C11H17N3O2S. The molecule has 17 heavy (non-hydrogen) atoms. The molecule has 2 rings (SSSR count). The van der Waals surface area contributed by atoms with E-state index in [1.807, 2.05) is 0 Å². The van der Waals surface area contributed by atoms with Gasteiger partial charge in [-0.25, -0.2) is 4.98 Å². The average Bonchev–Trinajstić information content (AvgIpc) is 2.81. The van der Waals surface area contributed by atoms with Crippen LogP contribution >= 0.6 is 11.3 Å². The molecule has 1 amide bonds. The summed E-state index contributed by atoms with van der Waals surface area (Å²) in [4.78, 5) is 16.5. The molecule has 6 heteroatoms. The van der Waals surface area contributed by atoms with Gasteiger partial charge in [0.2, 0.25) is 0 Å². The maximum atomic E-state index is 11.9. The number of thiazole rings is 1. The Kier molecular flexibility index (Phi) is 3.63. The predicted octanol–water partition coefficient (Wildman–Crippen LogP) is 0.925. The Labute approximate surface area is 104 Å². The van der Waals surface area contributed by atoms with E-state index in [4.69, 9.17) is 5.73 Å². The fourth-order valence-corrected chi connectivity index (χ4v) is 2.93. The van der Waals surface area contributed by atoms with E-state index in [0.29, 0.717) is 28.2 Å². The van der Waals surface area contributed by atoms with Crippen LogP contribution in [0, 0.1) is 12.8 Å². The number of anilines is 1. The smallest absolute Gasteiger partial charge is 0.263 e. The molecule has 1 aromatic rings. The Morgan fingerprint density at radius 1 is 1.65 bits per heavy atom. The van der Waals surface area contributed by atoms with Crippen molar-refractivity contribution in [2.75, 3.05) is 12.3 Å². The monoisotopic (exact) mass is 255 g/mol. The van der Waals surface area contributed by atoms with Crippen molar-refractivity contribution in [3.05, 3.63) is 10.6 Å². The number of amides is 1. The summed E-state index contributed by atoms with van der Waals surface area (Å²) < 4.78 is 0. The minimum absolute atomic E-state index is 0.113. The van der Waals surface area contributed by atoms with Crippen molar-refractivity contribution in [1.29, 1.82) is 0 Å². The number of rotatable bonds is 3. The number of nitrogens with one attached hydrogen (secondary N) is 1. The molecule has 1 aliphatic carbocycles. The minimum atomic E-state index is -0.197. The predicted molar refractivity (Wildman–Crippen MR) is 66.9 cm³/mol. The van der Waals surface area contributed by atoms with Gasteiger partial charge in [0, 0.05) is 6.54 Å². The Balaban J connectivity index is 1.87. The highest BCUT2D eigenvalue weighted by Crippen LogP contribution is 2.25. The molecule has 1 aromatic heterocycles. The first-order valence-corrected chi connectivity index (χ1v) is 6.57. The molecule has 0 aromatic carbocycles. The summed E-state index contributed by atoms with van der Waals surface area (Å²) in [7, 11) is 0. The molecule has 2 unspecified atom stereocenters. The van der Waals surface area contributed by atoms with Crippen molar-refractivity contribution in [3.63, 3.8) is 0 Å². The highest BCUT2D eigenvalue weighted by molar-refractivity contribution is 7.17. The Morgan fingerprint density at radius 3 is 2.94 bits per heavy atom. The molecule has 0 bridgehead atoms. The summed E-state index contributed by atoms with van der Waals surface area (Å²) in [5.74, 6) is 0.276. The van der Waals surface area contributed by atoms with Gasteiger partial charge in [-0.1, -0.05) is 11.3 Å². The van der Waals surface area contributed by atoms with Gasteiger partial charge >= 0.3 is 0 Å². The first kappa shape index (κ1) is 12.3. The van der Waals surface area contributed by atoms with Crippen molar-refractivity contribution >= 4 is 22.4 Å². The topological polar surface area (TPSA) is 88.2 Å². The molecule has 0 spiro atoms. The van der Waals surface area contributed by atoms with Gasteiger partial charge in [0.05, 0.1) is 11.8 Å². The Hall–Kier alpha value is -1.14. The van der Waals surface area contributed by atoms with E-state index in [1.165, 1.54) is 11.3 Å². The molecule has 4 N–H and O–H groups in total. The fourth-order valence-electron chi connectivity index (χ4n) is 2.18.